The zero-order chi connectivity index (χ0) is 19.8. The first-order valence-electron chi connectivity index (χ1n) is 11.2. The van der Waals surface area contributed by atoms with Gasteiger partial charge in [0.1, 0.15) is 0 Å². The van der Waals surface area contributed by atoms with Crippen molar-refractivity contribution < 1.29 is 4.79 Å². The molecule has 1 aromatic carbocycles. The lowest BCUT2D eigenvalue weighted by molar-refractivity contribution is -0.136. The highest BCUT2D eigenvalue weighted by Gasteiger charge is 2.53. The van der Waals surface area contributed by atoms with Crippen molar-refractivity contribution in [2.24, 2.45) is 23.0 Å². The zero-order valence-electron chi connectivity index (χ0n) is 17.5. The average Bonchev–Trinajstić information content (AvgIpc) is 2.67. The molecule has 3 fully saturated rings. The van der Waals surface area contributed by atoms with E-state index in [2.05, 4.69) is 55.6 Å². The van der Waals surface area contributed by atoms with Crippen molar-refractivity contribution in [2.75, 3.05) is 6.54 Å². The van der Waals surface area contributed by atoms with Crippen LogP contribution in [-0.2, 0) is 10.2 Å². The lowest BCUT2D eigenvalue weighted by Crippen LogP contribution is -2.55. The Balaban J connectivity index is 1.59. The van der Waals surface area contributed by atoms with E-state index in [4.69, 9.17) is 5.73 Å². The van der Waals surface area contributed by atoms with Crippen LogP contribution in [0.1, 0.15) is 70.8 Å². The minimum Gasteiger partial charge on any atom is -0.353 e. The Bertz CT molecular complexity index is 736. The summed E-state index contributed by atoms with van der Waals surface area (Å²) in [5.41, 5.74) is 8.64. The van der Waals surface area contributed by atoms with Gasteiger partial charge in [-0.15, -0.1) is 0 Å². The molecule has 3 nitrogen and oxygen atoms in total. The zero-order valence-corrected chi connectivity index (χ0v) is 17.5. The maximum absolute atomic E-state index is 13.4. The number of nitrogens with two attached hydrogens (primary N) is 1. The number of benzene rings is 1. The second kappa shape index (κ2) is 7.67. The number of hydrogen-bond donors (Lipinski definition) is 2. The molecule has 0 radical (unpaired) electrons. The molecule has 152 valence electrons. The number of fused-ring (bicyclic) bond motifs is 2. The van der Waals surface area contributed by atoms with Crippen LogP contribution in [0.15, 0.2) is 42.0 Å². The maximum atomic E-state index is 13.4. The Morgan fingerprint density at radius 3 is 2.68 bits per heavy atom. The first-order chi connectivity index (χ1) is 13.5. The van der Waals surface area contributed by atoms with Gasteiger partial charge in [-0.05, 0) is 80.7 Å². The van der Waals surface area contributed by atoms with Crippen molar-refractivity contribution in [1.82, 2.24) is 5.32 Å². The van der Waals surface area contributed by atoms with Crippen molar-refractivity contribution in [2.45, 2.75) is 76.7 Å². The number of rotatable bonds is 5. The van der Waals surface area contributed by atoms with Crippen LogP contribution < -0.4 is 11.1 Å². The molecule has 0 saturated heterocycles. The van der Waals surface area contributed by atoms with E-state index in [0.29, 0.717) is 17.9 Å². The van der Waals surface area contributed by atoms with Crippen molar-refractivity contribution in [1.29, 1.82) is 0 Å². The summed E-state index contributed by atoms with van der Waals surface area (Å²) in [6.45, 7) is 5.19. The Morgan fingerprint density at radius 1 is 1.25 bits per heavy atom. The van der Waals surface area contributed by atoms with E-state index in [0.717, 1.165) is 38.6 Å². The SMILES string of the molecule is CC/C=C1\CCC2(c3ccccc3)CC1CC(C)(C(=O)NC1CC(CN)C1)C2. The Kier molecular flexibility index (Phi) is 5.39. The number of carbonyl (C=O) groups is 1. The van der Waals surface area contributed by atoms with Crippen molar-refractivity contribution in [3.63, 3.8) is 0 Å². The standard InChI is InChI=1S/C25H36N2O/c1-3-7-19-10-11-25(21-8-5-4-6-9-21)15-20(19)14-24(2,17-25)23(28)27-22-12-18(13-22)16-26/h4-9,18,20,22H,3,10-17,26H2,1-2H3,(H,27,28)/b19-7+. The minimum atomic E-state index is -0.292. The Hall–Kier alpha value is -1.61. The van der Waals surface area contributed by atoms with Gasteiger partial charge < -0.3 is 11.1 Å². The first-order valence-corrected chi connectivity index (χ1v) is 11.2. The highest BCUT2D eigenvalue weighted by molar-refractivity contribution is 5.83. The molecule has 0 spiro atoms. The van der Waals surface area contributed by atoms with Crippen molar-refractivity contribution in [3.8, 4) is 0 Å². The molecule has 3 N–H and O–H groups in total. The largest absolute Gasteiger partial charge is 0.353 e. The molecule has 1 amide bonds. The van der Waals surface area contributed by atoms with E-state index in [1.807, 2.05) is 0 Å². The van der Waals surface area contributed by atoms with Gasteiger partial charge in [0.2, 0.25) is 5.91 Å². The number of nitrogens with one attached hydrogen (secondary N) is 1. The van der Waals surface area contributed by atoms with Crippen LogP contribution >= 0.6 is 0 Å². The van der Waals surface area contributed by atoms with E-state index >= 15 is 0 Å². The van der Waals surface area contributed by atoms with Crippen LogP contribution in [0.25, 0.3) is 0 Å². The summed E-state index contributed by atoms with van der Waals surface area (Å²) >= 11 is 0. The molecular weight excluding hydrogens is 344 g/mol. The van der Waals surface area contributed by atoms with Crippen LogP contribution in [0.2, 0.25) is 0 Å². The fourth-order valence-corrected chi connectivity index (χ4v) is 6.28. The molecule has 0 aliphatic heterocycles. The topological polar surface area (TPSA) is 55.1 Å². The van der Waals surface area contributed by atoms with E-state index in [1.165, 1.54) is 24.8 Å². The van der Waals surface area contributed by atoms with Crippen LogP contribution in [0, 0.1) is 17.3 Å². The van der Waals surface area contributed by atoms with Crippen LogP contribution in [0.3, 0.4) is 0 Å². The second-order valence-corrected chi connectivity index (χ2v) is 9.92. The van der Waals surface area contributed by atoms with Crippen molar-refractivity contribution in [3.05, 3.63) is 47.5 Å². The van der Waals surface area contributed by atoms with Crippen LogP contribution in [-0.4, -0.2) is 18.5 Å². The molecule has 2 bridgehead atoms. The summed E-state index contributed by atoms with van der Waals surface area (Å²) in [6, 6.07) is 11.3. The number of hydrogen-bond acceptors (Lipinski definition) is 2. The molecule has 3 aliphatic rings. The van der Waals surface area contributed by atoms with Crippen LogP contribution in [0.5, 0.6) is 0 Å². The number of allylic oxidation sites excluding steroid dienone is 2. The highest BCUT2D eigenvalue weighted by atomic mass is 16.2. The van der Waals surface area contributed by atoms with Gasteiger partial charge in [-0.25, -0.2) is 0 Å². The molecular formula is C25H36N2O. The van der Waals surface area contributed by atoms with Gasteiger partial charge >= 0.3 is 0 Å². The molecule has 3 unspecified atom stereocenters. The normalized spacial score (nSPS) is 38.7. The minimum absolute atomic E-state index is 0.140. The molecule has 28 heavy (non-hydrogen) atoms. The Morgan fingerprint density at radius 2 is 2.00 bits per heavy atom. The fourth-order valence-electron chi connectivity index (χ4n) is 6.28. The molecule has 3 saturated carbocycles. The molecule has 0 heterocycles. The third-order valence-corrected chi connectivity index (χ3v) is 7.78. The summed E-state index contributed by atoms with van der Waals surface area (Å²) in [5.74, 6) is 1.41. The second-order valence-electron chi connectivity index (χ2n) is 9.92. The van der Waals surface area contributed by atoms with E-state index in [1.54, 1.807) is 5.57 Å². The maximum Gasteiger partial charge on any atom is 0.226 e. The predicted molar refractivity (Wildman–Crippen MR) is 115 cm³/mol. The van der Waals surface area contributed by atoms with Gasteiger partial charge in [0.05, 0.1) is 0 Å². The molecule has 1 aromatic rings. The van der Waals surface area contributed by atoms with E-state index < -0.39 is 0 Å². The summed E-state index contributed by atoms with van der Waals surface area (Å²) in [4.78, 5) is 13.4. The lowest BCUT2D eigenvalue weighted by atomic mass is 9.51. The average molecular weight is 381 g/mol. The predicted octanol–water partition coefficient (Wildman–Crippen LogP) is 4.71. The van der Waals surface area contributed by atoms with Crippen LogP contribution in [0.4, 0.5) is 0 Å². The number of carbonyl (C=O) groups excluding carboxylic acids is 1. The van der Waals surface area contributed by atoms with Gasteiger partial charge in [0.25, 0.3) is 0 Å². The van der Waals surface area contributed by atoms with E-state index in [-0.39, 0.29) is 16.7 Å². The van der Waals surface area contributed by atoms with Gasteiger partial charge in [-0.2, -0.15) is 0 Å². The number of amides is 1. The summed E-state index contributed by atoms with van der Waals surface area (Å²) in [5, 5.41) is 3.38. The third kappa shape index (κ3) is 3.54. The van der Waals surface area contributed by atoms with Gasteiger partial charge in [-0.1, -0.05) is 55.8 Å². The summed E-state index contributed by atoms with van der Waals surface area (Å²) in [6.07, 6.45) is 11.1. The molecule has 0 aromatic heterocycles. The third-order valence-electron chi connectivity index (χ3n) is 7.78. The Labute approximate surface area is 170 Å². The van der Waals surface area contributed by atoms with Gasteiger partial charge in [0, 0.05) is 11.5 Å². The molecule has 3 heteroatoms. The van der Waals surface area contributed by atoms with Crippen molar-refractivity contribution >= 4 is 5.91 Å². The quantitative estimate of drug-likeness (QED) is 0.727. The summed E-state index contributed by atoms with van der Waals surface area (Å²) in [7, 11) is 0. The van der Waals surface area contributed by atoms with E-state index in [9.17, 15) is 4.79 Å². The van der Waals surface area contributed by atoms with Gasteiger partial charge in [-0.3, -0.25) is 4.79 Å². The van der Waals surface area contributed by atoms with Gasteiger partial charge in [0.15, 0.2) is 0 Å². The molecule has 3 aliphatic carbocycles. The smallest absolute Gasteiger partial charge is 0.226 e. The lowest BCUT2D eigenvalue weighted by Gasteiger charge is -2.54. The first kappa shape index (κ1) is 19.7. The highest BCUT2D eigenvalue weighted by Crippen LogP contribution is 2.58. The summed E-state index contributed by atoms with van der Waals surface area (Å²) < 4.78 is 0. The molecule has 4 rings (SSSR count). The molecule has 3 atom stereocenters. The monoisotopic (exact) mass is 380 g/mol. The fraction of sp³-hybridized carbons (Fsp3) is 0.640.